The van der Waals surface area contributed by atoms with Gasteiger partial charge in [0.1, 0.15) is 17.2 Å². The highest BCUT2D eigenvalue weighted by Crippen LogP contribution is 2.38. The minimum Gasteiger partial charge on any atom is -0.306 e. The normalized spacial score (nSPS) is 18.0. The fourth-order valence-corrected chi connectivity index (χ4v) is 5.99. The Balaban J connectivity index is 1.57. The predicted octanol–water partition coefficient (Wildman–Crippen LogP) is 4.84. The maximum absolute atomic E-state index is 9.66. The molecular formula is C26H26N8S. The average molecular weight is 483 g/mol. The standard InChI is InChI=1S/C26H26N8S/c1-17-23(15-31-34(17)22-8-4-7-21(11-22)32(2)3)19-10-24(25-20(13-28)14-30-33(25)16-19)35-26-18(12-27)6-5-9-29-26/h5-6,9-10,14-16,21-22H,4,7-8,11H2,1-3H3/t21?,22-/m1/s1. The monoisotopic (exact) mass is 482 g/mol. The van der Waals surface area contributed by atoms with Crippen molar-refractivity contribution in [3.8, 4) is 23.3 Å². The van der Waals surface area contributed by atoms with Gasteiger partial charge in [0.15, 0.2) is 0 Å². The fourth-order valence-electron chi connectivity index (χ4n) is 4.96. The van der Waals surface area contributed by atoms with E-state index >= 15 is 0 Å². The maximum atomic E-state index is 9.66. The van der Waals surface area contributed by atoms with Crippen LogP contribution in [-0.2, 0) is 0 Å². The molecule has 2 atom stereocenters. The van der Waals surface area contributed by atoms with E-state index < -0.39 is 0 Å². The van der Waals surface area contributed by atoms with Gasteiger partial charge >= 0.3 is 0 Å². The lowest BCUT2D eigenvalue weighted by molar-refractivity contribution is 0.180. The highest BCUT2D eigenvalue weighted by Gasteiger charge is 2.27. The molecule has 0 aromatic carbocycles. The van der Waals surface area contributed by atoms with Crippen molar-refractivity contribution >= 4 is 17.3 Å². The second-order valence-corrected chi connectivity index (χ2v) is 10.2. The zero-order valence-electron chi connectivity index (χ0n) is 20.0. The van der Waals surface area contributed by atoms with E-state index in [2.05, 4.69) is 58.9 Å². The van der Waals surface area contributed by atoms with Crippen molar-refractivity contribution in [1.29, 1.82) is 10.5 Å². The lowest BCUT2D eigenvalue weighted by atomic mass is 9.90. The summed E-state index contributed by atoms with van der Waals surface area (Å²) in [5, 5.41) is 29.0. The molecule has 4 aromatic heterocycles. The first kappa shape index (κ1) is 23.1. The Morgan fingerprint density at radius 1 is 1.11 bits per heavy atom. The molecule has 0 aliphatic heterocycles. The topological polar surface area (TPSA) is 98.8 Å². The summed E-state index contributed by atoms with van der Waals surface area (Å²) in [5.74, 6) is 0. The van der Waals surface area contributed by atoms with E-state index in [9.17, 15) is 10.5 Å². The molecule has 176 valence electrons. The lowest BCUT2D eigenvalue weighted by Crippen LogP contribution is -2.34. The summed E-state index contributed by atoms with van der Waals surface area (Å²) in [6, 6.07) is 10.9. The Kier molecular flexibility index (Phi) is 6.29. The zero-order valence-corrected chi connectivity index (χ0v) is 20.8. The molecule has 0 bridgehead atoms. The molecule has 0 amide bonds. The third-order valence-corrected chi connectivity index (χ3v) is 7.90. The van der Waals surface area contributed by atoms with Gasteiger partial charge in [-0.05, 0) is 64.9 Å². The van der Waals surface area contributed by atoms with E-state index in [-0.39, 0.29) is 0 Å². The SMILES string of the molecule is Cc1c(-c2cc(Sc3ncccc3C#N)c3c(C#N)cnn3c2)cnn1[C@@H]1CCCC(N(C)C)C1. The van der Waals surface area contributed by atoms with Crippen LogP contribution in [0.3, 0.4) is 0 Å². The molecule has 1 saturated carbocycles. The van der Waals surface area contributed by atoms with E-state index in [1.807, 2.05) is 12.4 Å². The molecule has 9 heteroatoms. The quantitative estimate of drug-likeness (QED) is 0.401. The summed E-state index contributed by atoms with van der Waals surface area (Å²) >= 11 is 1.38. The third-order valence-electron chi connectivity index (χ3n) is 6.85. The number of pyridine rings is 2. The Morgan fingerprint density at radius 3 is 2.71 bits per heavy atom. The van der Waals surface area contributed by atoms with Gasteiger partial charge in [-0.25, -0.2) is 9.50 Å². The summed E-state index contributed by atoms with van der Waals surface area (Å²) in [5.41, 5.74) is 4.81. The van der Waals surface area contributed by atoms with Crippen molar-refractivity contribution in [3.63, 3.8) is 0 Å². The number of nitrogens with zero attached hydrogens (tertiary/aromatic N) is 8. The van der Waals surface area contributed by atoms with Gasteiger partial charge in [0.25, 0.3) is 0 Å². The molecule has 0 saturated heterocycles. The number of hydrogen-bond donors (Lipinski definition) is 0. The molecule has 35 heavy (non-hydrogen) atoms. The molecule has 8 nitrogen and oxygen atoms in total. The smallest absolute Gasteiger partial charge is 0.119 e. The number of hydrogen-bond acceptors (Lipinski definition) is 7. The Morgan fingerprint density at radius 2 is 1.94 bits per heavy atom. The minimum atomic E-state index is 0.379. The molecule has 5 rings (SSSR count). The van der Waals surface area contributed by atoms with Crippen LogP contribution in [0, 0.1) is 29.6 Å². The largest absolute Gasteiger partial charge is 0.306 e. The molecular weight excluding hydrogens is 456 g/mol. The highest BCUT2D eigenvalue weighted by molar-refractivity contribution is 7.99. The van der Waals surface area contributed by atoms with Crippen molar-refractivity contribution < 1.29 is 0 Å². The van der Waals surface area contributed by atoms with Crippen LogP contribution >= 0.6 is 11.8 Å². The molecule has 1 unspecified atom stereocenters. The van der Waals surface area contributed by atoms with Gasteiger partial charge in [0.05, 0.1) is 35.1 Å². The van der Waals surface area contributed by atoms with Gasteiger partial charge in [-0.1, -0.05) is 11.8 Å². The Hall–Kier alpha value is -3.66. The summed E-state index contributed by atoms with van der Waals surface area (Å²) in [7, 11) is 4.31. The summed E-state index contributed by atoms with van der Waals surface area (Å²) in [6.45, 7) is 2.12. The van der Waals surface area contributed by atoms with Gasteiger partial charge in [-0.3, -0.25) is 4.68 Å². The van der Waals surface area contributed by atoms with Gasteiger partial charge in [0, 0.05) is 40.2 Å². The lowest BCUT2D eigenvalue weighted by Gasteiger charge is -2.34. The van der Waals surface area contributed by atoms with Gasteiger partial charge in [-0.15, -0.1) is 0 Å². The Labute approximate surface area is 208 Å². The second-order valence-electron chi connectivity index (χ2n) is 9.15. The van der Waals surface area contributed by atoms with E-state index in [0.29, 0.717) is 33.8 Å². The van der Waals surface area contributed by atoms with Crippen LogP contribution in [0.1, 0.15) is 48.5 Å². The van der Waals surface area contributed by atoms with Crippen molar-refractivity contribution in [2.24, 2.45) is 0 Å². The van der Waals surface area contributed by atoms with Crippen molar-refractivity contribution in [2.75, 3.05) is 14.1 Å². The minimum absolute atomic E-state index is 0.379. The number of fused-ring (bicyclic) bond motifs is 1. The molecule has 0 N–H and O–H groups in total. The molecule has 4 aromatic rings. The van der Waals surface area contributed by atoms with Crippen LogP contribution in [0.5, 0.6) is 0 Å². The molecule has 0 spiro atoms. The number of aromatic nitrogens is 5. The van der Waals surface area contributed by atoms with E-state index in [4.69, 9.17) is 5.10 Å². The third kappa shape index (κ3) is 4.29. The fraction of sp³-hybridized carbons (Fsp3) is 0.346. The summed E-state index contributed by atoms with van der Waals surface area (Å²) in [4.78, 5) is 7.55. The predicted molar refractivity (Wildman–Crippen MR) is 134 cm³/mol. The number of nitriles is 2. The van der Waals surface area contributed by atoms with Crippen molar-refractivity contribution in [3.05, 3.63) is 59.8 Å². The van der Waals surface area contributed by atoms with Crippen LogP contribution in [0.2, 0.25) is 0 Å². The molecule has 4 heterocycles. The van der Waals surface area contributed by atoms with Gasteiger partial charge in [0.2, 0.25) is 0 Å². The zero-order chi connectivity index (χ0) is 24.5. The summed E-state index contributed by atoms with van der Waals surface area (Å²) < 4.78 is 3.92. The van der Waals surface area contributed by atoms with Crippen LogP contribution in [0.25, 0.3) is 16.6 Å². The van der Waals surface area contributed by atoms with Crippen LogP contribution in [-0.4, -0.2) is 49.4 Å². The Bertz CT molecular complexity index is 1470. The second kappa shape index (κ2) is 9.53. The first-order valence-electron chi connectivity index (χ1n) is 11.7. The number of rotatable bonds is 5. The van der Waals surface area contributed by atoms with Gasteiger partial charge in [-0.2, -0.15) is 20.7 Å². The first-order chi connectivity index (χ1) is 17.0. The maximum Gasteiger partial charge on any atom is 0.119 e. The molecule has 0 radical (unpaired) electrons. The van der Waals surface area contributed by atoms with Crippen LogP contribution in [0.4, 0.5) is 0 Å². The molecule has 1 fully saturated rings. The van der Waals surface area contributed by atoms with Crippen LogP contribution < -0.4 is 0 Å². The van der Waals surface area contributed by atoms with E-state index in [0.717, 1.165) is 34.6 Å². The average Bonchev–Trinajstić information content (AvgIpc) is 3.47. The van der Waals surface area contributed by atoms with Crippen LogP contribution in [0.15, 0.2) is 52.9 Å². The van der Waals surface area contributed by atoms with E-state index in [1.54, 1.807) is 29.0 Å². The summed E-state index contributed by atoms with van der Waals surface area (Å²) in [6.07, 6.45) is 11.8. The van der Waals surface area contributed by atoms with Crippen molar-refractivity contribution in [1.82, 2.24) is 29.3 Å². The van der Waals surface area contributed by atoms with Crippen molar-refractivity contribution in [2.45, 2.75) is 54.6 Å². The first-order valence-corrected chi connectivity index (χ1v) is 12.5. The van der Waals surface area contributed by atoms with Gasteiger partial charge < -0.3 is 4.90 Å². The molecule has 1 aliphatic carbocycles. The van der Waals surface area contributed by atoms with E-state index in [1.165, 1.54) is 24.6 Å². The highest BCUT2D eigenvalue weighted by atomic mass is 32.2. The molecule has 1 aliphatic rings.